The van der Waals surface area contributed by atoms with Crippen LogP contribution in [0.2, 0.25) is 0 Å². The van der Waals surface area contributed by atoms with Gasteiger partial charge < -0.3 is 5.73 Å². The van der Waals surface area contributed by atoms with Crippen LogP contribution < -0.4 is 10.5 Å². The van der Waals surface area contributed by atoms with Gasteiger partial charge in [0.1, 0.15) is 4.90 Å². The third kappa shape index (κ3) is 4.04. The van der Waals surface area contributed by atoms with E-state index in [0.29, 0.717) is 12.2 Å². The largest absolute Gasteiger partial charge is 0.325 e. The molecule has 0 saturated heterocycles. The second-order valence-electron chi connectivity index (χ2n) is 4.93. The zero-order valence-corrected chi connectivity index (χ0v) is 11.9. The Kier molecular flexibility index (Phi) is 4.84. The van der Waals surface area contributed by atoms with Crippen LogP contribution in [-0.4, -0.2) is 18.9 Å². The smallest absolute Gasteiger partial charge is 0.242 e. The van der Waals surface area contributed by atoms with Crippen molar-refractivity contribution < 1.29 is 8.42 Å². The lowest BCUT2D eigenvalue weighted by atomic mass is 10.0. The molecule has 0 fully saturated rings. The van der Waals surface area contributed by atoms with Gasteiger partial charge in [0.25, 0.3) is 0 Å². The molecule has 102 valence electrons. The standard InChI is InChI=1S/C12H21N3O2S/c1-4-7-12(2,3)15-18(16,17)11-6-5-10(8-13)14-9-11/h5-6,9,15H,4,7-8,13H2,1-3H3. The number of rotatable bonds is 6. The summed E-state index contributed by atoms with van der Waals surface area (Å²) in [4.78, 5) is 4.17. The van der Waals surface area contributed by atoms with E-state index in [1.165, 1.54) is 12.3 Å². The monoisotopic (exact) mass is 271 g/mol. The van der Waals surface area contributed by atoms with Gasteiger partial charge in [-0.3, -0.25) is 4.98 Å². The van der Waals surface area contributed by atoms with Crippen molar-refractivity contribution in [1.29, 1.82) is 0 Å². The molecule has 1 aromatic rings. The first-order chi connectivity index (χ1) is 8.30. The van der Waals surface area contributed by atoms with E-state index in [4.69, 9.17) is 5.73 Å². The van der Waals surface area contributed by atoms with Gasteiger partial charge in [-0.25, -0.2) is 13.1 Å². The van der Waals surface area contributed by atoms with Crippen molar-refractivity contribution in [2.24, 2.45) is 5.73 Å². The molecule has 1 rings (SSSR count). The summed E-state index contributed by atoms with van der Waals surface area (Å²) in [6, 6.07) is 3.15. The van der Waals surface area contributed by atoms with E-state index in [-0.39, 0.29) is 4.90 Å². The molecule has 0 aromatic carbocycles. The fourth-order valence-corrected chi connectivity index (χ4v) is 3.18. The highest BCUT2D eigenvalue weighted by Crippen LogP contribution is 2.16. The molecule has 18 heavy (non-hydrogen) atoms. The predicted molar refractivity (Wildman–Crippen MR) is 71.4 cm³/mol. The Labute approximate surface area is 109 Å². The Morgan fingerprint density at radius 1 is 1.39 bits per heavy atom. The molecule has 0 aliphatic heterocycles. The van der Waals surface area contributed by atoms with Crippen LogP contribution in [0.4, 0.5) is 0 Å². The Morgan fingerprint density at radius 2 is 2.06 bits per heavy atom. The summed E-state index contributed by atoms with van der Waals surface area (Å²) in [6.45, 7) is 6.06. The maximum absolute atomic E-state index is 12.1. The first-order valence-electron chi connectivity index (χ1n) is 6.00. The van der Waals surface area contributed by atoms with Crippen molar-refractivity contribution in [1.82, 2.24) is 9.71 Å². The van der Waals surface area contributed by atoms with Crippen LogP contribution >= 0.6 is 0 Å². The first kappa shape index (κ1) is 15.1. The van der Waals surface area contributed by atoms with Crippen molar-refractivity contribution in [3.8, 4) is 0 Å². The molecule has 3 N–H and O–H groups in total. The molecule has 0 atom stereocenters. The van der Waals surface area contributed by atoms with Crippen LogP contribution in [0.5, 0.6) is 0 Å². The lowest BCUT2D eigenvalue weighted by molar-refractivity contribution is 0.417. The van der Waals surface area contributed by atoms with Crippen LogP contribution in [0, 0.1) is 0 Å². The minimum atomic E-state index is -3.52. The summed E-state index contributed by atoms with van der Waals surface area (Å²) in [7, 11) is -3.52. The number of nitrogens with two attached hydrogens (primary N) is 1. The SMILES string of the molecule is CCCC(C)(C)NS(=O)(=O)c1ccc(CN)nc1. The van der Waals surface area contributed by atoms with Crippen molar-refractivity contribution in [2.75, 3.05) is 0 Å². The average Bonchev–Trinajstić information content (AvgIpc) is 2.27. The minimum absolute atomic E-state index is 0.170. The molecule has 0 saturated carbocycles. The summed E-state index contributed by atoms with van der Waals surface area (Å²) in [5, 5.41) is 0. The third-order valence-electron chi connectivity index (χ3n) is 2.60. The molecule has 0 radical (unpaired) electrons. The van der Waals surface area contributed by atoms with Gasteiger partial charge in [0.2, 0.25) is 10.0 Å². The molecule has 6 heteroatoms. The van der Waals surface area contributed by atoms with E-state index in [0.717, 1.165) is 12.8 Å². The maximum atomic E-state index is 12.1. The van der Waals surface area contributed by atoms with Gasteiger partial charge in [-0.15, -0.1) is 0 Å². The Morgan fingerprint density at radius 3 is 2.50 bits per heavy atom. The molecule has 1 aromatic heterocycles. The number of aromatic nitrogens is 1. The number of sulfonamides is 1. The highest BCUT2D eigenvalue weighted by atomic mass is 32.2. The summed E-state index contributed by atoms with van der Waals surface area (Å²) in [5.41, 5.74) is 5.63. The van der Waals surface area contributed by atoms with E-state index in [9.17, 15) is 8.42 Å². The molecular formula is C12H21N3O2S. The van der Waals surface area contributed by atoms with Crippen LogP contribution in [0.3, 0.4) is 0 Å². The summed E-state index contributed by atoms with van der Waals surface area (Å²) in [6.07, 6.45) is 3.03. The van der Waals surface area contributed by atoms with Gasteiger partial charge >= 0.3 is 0 Å². The molecule has 0 bridgehead atoms. The lowest BCUT2D eigenvalue weighted by Crippen LogP contribution is -2.43. The molecular weight excluding hydrogens is 250 g/mol. The summed E-state index contributed by atoms with van der Waals surface area (Å²) in [5.74, 6) is 0. The fourth-order valence-electron chi connectivity index (χ4n) is 1.79. The molecule has 0 aliphatic carbocycles. The molecule has 5 nitrogen and oxygen atoms in total. The second-order valence-corrected chi connectivity index (χ2v) is 6.61. The number of nitrogens with one attached hydrogen (secondary N) is 1. The van der Waals surface area contributed by atoms with E-state index < -0.39 is 15.6 Å². The Balaban J connectivity index is 2.92. The van der Waals surface area contributed by atoms with Gasteiger partial charge in [-0.1, -0.05) is 13.3 Å². The van der Waals surface area contributed by atoms with Crippen LogP contribution in [0.15, 0.2) is 23.2 Å². The van der Waals surface area contributed by atoms with Gasteiger partial charge in [0.15, 0.2) is 0 Å². The van der Waals surface area contributed by atoms with Crippen LogP contribution in [0.25, 0.3) is 0 Å². The normalized spacial score (nSPS) is 12.7. The molecule has 0 spiro atoms. The summed E-state index contributed by atoms with van der Waals surface area (Å²) < 4.78 is 27.0. The molecule has 0 aliphatic rings. The van der Waals surface area contributed by atoms with E-state index in [2.05, 4.69) is 9.71 Å². The number of hydrogen-bond donors (Lipinski definition) is 2. The number of pyridine rings is 1. The number of hydrogen-bond acceptors (Lipinski definition) is 4. The first-order valence-corrected chi connectivity index (χ1v) is 7.48. The van der Waals surface area contributed by atoms with Crippen molar-refractivity contribution in [3.63, 3.8) is 0 Å². The number of nitrogens with zero attached hydrogens (tertiary/aromatic N) is 1. The fraction of sp³-hybridized carbons (Fsp3) is 0.583. The van der Waals surface area contributed by atoms with Crippen molar-refractivity contribution in [3.05, 3.63) is 24.0 Å². The average molecular weight is 271 g/mol. The molecule has 0 unspecified atom stereocenters. The van der Waals surface area contributed by atoms with Crippen LogP contribution in [0.1, 0.15) is 39.3 Å². The van der Waals surface area contributed by atoms with Gasteiger partial charge in [-0.2, -0.15) is 0 Å². The predicted octanol–water partition coefficient (Wildman–Crippen LogP) is 1.40. The van der Waals surface area contributed by atoms with Crippen molar-refractivity contribution >= 4 is 10.0 Å². The third-order valence-corrected chi connectivity index (χ3v) is 4.29. The zero-order chi connectivity index (χ0) is 13.8. The zero-order valence-electron chi connectivity index (χ0n) is 11.1. The maximum Gasteiger partial charge on any atom is 0.242 e. The van der Waals surface area contributed by atoms with E-state index in [1.807, 2.05) is 20.8 Å². The highest BCUT2D eigenvalue weighted by molar-refractivity contribution is 7.89. The molecule has 0 amide bonds. The van der Waals surface area contributed by atoms with E-state index >= 15 is 0 Å². The van der Waals surface area contributed by atoms with Gasteiger partial charge in [-0.05, 0) is 32.4 Å². The topological polar surface area (TPSA) is 85.1 Å². The second kappa shape index (κ2) is 5.77. The summed E-state index contributed by atoms with van der Waals surface area (Å²) >= 11 is 0. The lowest BCUT2D eigenvalue weighted by Gasteiger charge is -2.25. The van der Waals surface area contributed by atoms with Crippen LogP contribution in [-0.2, 0) is 16.6 Å². The van der Waals surface area contributed by atoms with Crippen molar-refractivity contribution in [2.45, 2.75) is 50.6 Å². The highest BCUT2D eigenvalue weighted by Gasteiger charge is 2.25. The Hall–Kier alpha value is -0.980. The minimum Gasteiger partial charge on any atom is -0.325 e. The van der Waals surface area contributed by atoms with Gasteiger partial charge in [0.05, 0.1) is 5.69 Å². The Bertz CT molecular complexity index is 481. The quantitative estimate of drug-likeness (QED) is 0.819. The molecule has 1 heterocycles. The van der Waals surface area contributed by atoms with Gasteiger partial charge in [0, 0.05) is 18.3 Å². The van der Waals surface area contributed by atoms with E-state index in [1.54, 1.807) is 6.07 Å².